The molecule has 2 rings (SSSR count). The van der Waals surface area contributed by atoms with Gasteiger partial charge < -0.3 is 19.9 Å². The first-order valence-electron chi connectivity index (χ1n) is 7.04. The summed E-state index contributed by atoms with van der Waals surface area (Å²) in [5.41, 5.74) is 2.28. The maximum absolute atomic E-state index is 5.39. The van der Waals surface area contributed by atoms with Crippen LogP contribution in [0.5, 0.6) is 5.75 Å². The normalized spacial score (nSPS) is 15.5. The van der Waals surface area contributed by atoms with E-state index in [0.717, 1.165) is 37.6 Å². The Balaban J connectivity index is 0.000000861. The first kappa shape index (κ1) is 15.6. The molecule has 0 unspecified atom stereocenters. The van der Waals surface area contributed by atoms with Crippen LogP contribution in [0.2, 0.25) is 0 Å². The Hall–Kier alpha value is -1.42. The van der Waals surface area contributed by atoms with E-state index in [2.05, 4.69) is 40.4 Å². The molecule has 0 atom stereocenters. The van der Waals surface area contributed by atoms with Crippen LogP contribution in [0.15, 0.2) is 18.2 Å². The number of ether oxygens (including phenoxy) is 1. The molecule has 0 spiro atoms. The summed E-state index contributed by atoms with van der Waals surface area (Å²) in [7, 11) is 5.79. The standard InChI is InChI=1S/C13H21N3O.C2H6/c1-14-12-5-4-11(10-13(12)17-3)16-8-6-15(2)7-9-16;1-2/h4-5,10,14H,6-9H2,1-3H3;1-2H3. The number of hydrogen-bond donors (Lipinski definition) is 1. The third-order valence-electron chi connectivity index (χ3n) is 3.32. The Morgan fingerprint density at radius 2 is 1.74 bits per heavy atom. The first-order valence-corrected chi connectivity index (χ1v) is 7.04. The summed E-state index contributed by atoms with van der Waals surface area (Å²) in [5, 5.41) is 3.13. The molecule has 1 aromatic carbocycles. The minimum atomic E-state index is 0.906. The van der Waals surface area contributed by atoms with Gasteiger partial charge in [0.05, 0.1) is 12.8 Å². The highest BCUT2D eigenvalue weighted by Gasteiger charge is 2.15. The number of anilines is 2. The van der Waals surface area contributed by atoms with Gasteiger partial charge in [0.25, 0.3) is 0 Å². The quantitative estimate of drug-likeness (QED) is 0.909. The average molecular weight is 265 g/mol. The van der Waals surface area contributed by atoms with E-state index >= 15 is 0 Å². The van der Waals surface area contributed by atoms with Crippen LogP contribution in [0.25, 0.3) is 0 Å². The highest BCUT2D eigenvalue weighted by atomic mass is 16.5. The second kappa shape index (κ2) is 7.89. The fourth-order valence-corrected chi connectivity index (χ4v) is 2.15. The number of nitrogens with zero attached hydrogens (tertiary/aromatic N) is 2. The Labute approximate surface area is 117 Å². The summed E-state index contributed by atoms with van der Waals surface area (Å²) < 4.78 is 5.39. The third kappa shape index (κ3) is 4.03. The zero-order chi connectivity index (χ0) is 14.3. The van der Waals surface area contributed by atoms with Gasteiger partial charge in [-0.2, -0.15) is 0 Å². The first-order chi connectivity index (χ1) is 9.24. The number of nitrogens with one attached hydrogen (secondary N) is 1. The van der Waals surface area contributed by atoms with E-state index in [-0.39, 0.29) is 0 Å². The molecule has 1 fully saturated rings. The monoisotopic (exact) mass is 265 g/mol. The van der Waals surface area contributed by atoms with E-state index in [4.69, 9.17) is 4.74 Å². The molecule has 4 nitrogen and oxygen atoms in total. The van der Waals surface area contributed by atoms with Crippen molar-refractivity contribution < 1.29 is 4.74 Å². The summed E-state index contributed by atoms with van der Waals surface area (Å²) in [4.78, 5) is 4.76. The summed E-state index contributed by atoms with van der Waals surface area (Å²) in [6.45, 7) is 8.41. The van der Waals surface area contributed by atoms with Crippen LogP contribution < -0.4 is 15.0 Å². The Morgan fingerprint density at radius 3 is 2.26 bits per heavy atom. The number of likely N-dealkylation sites (N-methyl/N-ethyl adjacent to an activating group) is 1. The smallest absolute Gasteiger partial charge is 0.144 e. The van der Waals surface area contributed by atoms with Crippen LogP contribution in [-0.2, 0) is 0 Å². The van der Waals surface area contributed by atoms with Crippen molar-refractivity contribution in [3.05, 3.63) is 18.2 Å². The van der Waals surface area contributed by atoms with E-state index in [0.29, 0.717) is 0 Å². The maximum Gasteiger partial charge on any atom is 0.144 e. The number of piperazine rings is 1. The van der Waals surface area contributed by atoms with Crippen molar-refractivity contribution in [2.75, 3.05) is 57.6 Å². The lowest BCUT2D eigenvalue weighted by atomic mass is 10.2. The topological polar surface area (TPSA) is 27.7 Å². The van der Waals surface area contributed by atoms with Crippen molar-refractivity contribution in [3.8, 4) is 5.75 Å². The zero-order valence-corrected chi connectivity index (χ0v) is 12.9. The highest BCUT2D eigenvalue weighted by Crippen LogP contribution is 2.29. The van der Waals surface area contributed by atoms with E-state index in [9.17, 15) is 0 Å². The van der Waals surface area contributed by atoms with E-state index in [1.54, 1.807) is 7.11 Å². The Bertz CT molecular complexity index is 374. The molecule has 1 heterocycles. The molecule has 0 bridgehead atoms. The predicted molar refractivity (Wildman–Crippen MR) is 83.6 cm³/mol. The largest absolute Gasteiger partial charge is 0.495 e. The van der Waals surface area contributed by atoms with Crippen molar-refractivity contribution in [2.45, 2.75) is 13.8 Å². The zero-order valence-electron chi connectivity index (χ0n) is 12.9. The van der Waals surface area contributed by atoms with Crippen LogP contribution >= 0.6 is 0 Å². The molecule has 1 aliphatic rings. The number of rotatable bonds is 3. The second-order valence-corrected chi connectivity index (χ2v) is 4.42. The van der Waals surface area contributed by atoms with Gasteiger partial charge in [0, 0.05) is 45.0 Å². The van der Waals surface area contributed by atoms with Crippen molar-refractivity contribution in [1.29, 1.82) is 0 Å². The second-order valence-electron chi connectivity index (χ2n) is 4.42. The van der Waals surface area contributed by atoms with Crippen LogP contribution in [0.1, 0.15) is 13.8 Å². The minimum absolute atomic E-state index is 0.906. The van der Waals surface area contributed by atoms with Gasteiger partial charge in [-0.15, -0.1) is 0 Å². The van der Waals surface area contributed by atoms with E-state index in [1.165, 1.54) is 5.69 Å². The Morgan fingerprint density at radius 1 is 1.11 bits per heavy atom. The lowest BCUT2D eigenvalue weighted by Crippen LogP contribution is -2.44. The molecule has 0 aliphatic carbocycles. The lowest BCUT2D eigenvalue weighted by Gasteiger charge is -2.34. The van der Waals surface area contributed by atoms with Crippen molar-refractivity contribution in [3.63, 3.8) is 0 Å². The molecule has 0 aromatic heterocycles. The van der Waals surface area contributed by atoms with Gasteiger partial charge >= 0.3 is 0 Å². The predicted octanol–water partition coefficient (Wildman–Crippen LogP) is 2.51. The van der Waals surface area contributed by atoms with Gasteiger partial charge in [0.15, 0.2) is 0 Å². The van der Waals surface area contributed by atoms with Crippen LogP contribution in [0.3, 0.4) is 0 Å². The highest BCUT2D eigenvalue weighted by molar-refractivity contribution is 5.64. The molecular formula is C15H27N3O. The molecule has 1 aliphatic heterocycles. The van der Waals surface area contributed by atoms with E-state index < -0.39 is 0 Å². The molecule has 4 heteroatoms. The van der Waals surface area contributed by atoms with Crippen LogP contribution in [-0.4, -0.2) is 52.3 Å². The van der Waals surface area contributed by atoms with Crippen LogP contribution in [0.4, 0.5) is 11.4 Å². The number of benzene rings is 1. The van der Waals surface area contributed by atoms with Gasteiger partial charge in [0.2, 0.25) is 0 Å². The summed E-state index contributed by atoms with van der Waals surface area (Å²) in [5.74, 6) is 0.906. The molecule has 19 heavy (non-hydrogen) atoms. The van der Waals surface area contributed by atoms with E-state index in [1.807, 2.05) is 20.9 Å². The lowest BCUT2D eigenvalue weighted by molar-refractivity contribution is 0.312. The summed E-state index contributed by atoms with van der Waals surface area (Å²) >= 11 is 0. The Kier molecular flexibility index (Phi) is 6.50. The summed E-state index contributed by atoms with van der Waals surface area (Å²) in [6.07, 6.45) is 0. The van der Waals surface area contributed by atoms with Gasteiger partial charge in [-0.05, 0) is 19.2 Å². The van der Waals surface area contributed by atoms with Crippen molar-refractivity contribution >= 4 is 11.4 Å². The third-order valence-corrected chi connectivity index (χ3v) is 3.32. The molecule has 0 amide bonds. The molecule has 0 saturated carbocycles. The van der Waals surface area contributed by atoms with Gasteiger partial charge in [-0.1, -0.05) is 13.8 Å². The molecule has 0 radical (unpaired) electrons. The van der Waals surface area contributed by atoms with Crippen molar-refractivity contribution in [2.24, 2.45) is 0 Å². The summed E-state index contributed by atoms with van der Waals surface area (Å²) in [6, 6.07) is 6.34. The molecule has 1 aromatic rings. The van der Waals surface area contributed by atoms with Crippen molar-refractivity contribution in [1.82, 2.24) is 4.90 Å². The number of hydrogen-bond acceptors (Lipinski definition) is 4. The molecule has 108 valence electrons. The average Bonchev–Trinajstić information content (AvgIpc) is 2.49. The fraction of sp³-hybridized carbons (Fsp3) is 0.600. The number of methoxy groups -OCH3 is 1. The molecule has 1 saturated heterocycles. The minimum Gasteiger partial charge on any atom is -0.495 e. The maximum atomic E-state index is 5.39. The van der Waals surface area contributed by atoms with Gasteiger partial charge in [-0.25, -0.2) is 0 Å². The molecule has 1 N–H and O–H groups in total. The fourth-order valence-electron chi connectivity index (χ4n) is 2.15. The SMILES string of the molecule is CC.CNc1ccc(N2CCN(C)CC2)cc1OC. The van der Waals surface area contributed by atoms with Gasteiger partial charge in [0.1, 0.15) is 5.75 Å². The van der Waals surface area contributed by atoms with Gasteiger partial charge in [-0.3, -0.25) is 0 Å². The molecular weight excluding hydrogens is 238 g/mol. The van der Waals surface area contributed by atoms with Crippen LogP contribution in [0, 0.1) is 0 Å².